The van der Waals surface area contributed by atoms with Crippen LogP contribution >= 0.6 is 27.3 Å². The Hall–Kier alpha value is -1.74. The minimum Gasteiger partial charge on any atom is -0.359 e. The highest BCUT2D eigenvalue weighted by Crippen LogP contribution is 2.28. The minimum atomic E-state index is -0.471. The molecule has 7 nitrogen and oxygen atoms in total. The fourth-order valence-electron chi connectivity index (χ4n) is 1.64. The van der Waals surface area contributed by atoms with Crippen molar-refractivity contribution >= 4 is 44.7 Å². The molecule has 0 unspecified atom stereocenters. The number of nitro groups is 1. The average Bonchev–Trinajstić information content (AvgIpc) is 2.81. The van der Waals surface area contributed by atoms with Gasteiger partial charge in [0.1, 0.15) is 5.69 Å². The lowest BCUT2D eigenvalue weighted by molar-refractivity contribution is -0.385. The number of aryl methyl sites for hydroxylation is 1. The second-order valence-corrected chi connectivity index (χ2v) is 6.44. The standard InChI is InChI=1S/C11H12BrN5O2S/c1-6-9(17(18)19)10(16-11(13-2)15-6)14-5-7-3-4-8(12)20-7/h3-4H,5H2,1-2H3,(H2,13,14,15,16). The molecule has 2 rings (SSSR count). The Kier molecular flexibility index (Phi) is 4.50. The van der Waals surface area contributed by atoms with Gasteiger partial charge in [-0.25, -0.2) is 4.98 Å². The molecule has 0 saturated heterocycles. The van der Waals surface area contributed by atoms with Crippen molar-refractivity contribution in [1.29, 1.82) is 0 Å². The van der Waals surface area contributed by atoms with E-state index in [2.05, 4.69) is 36.5 Å². The molecule has 0 fully saturated rings. The summed E-state index contributed by atoms with van der Waals surface area (Å²) in [4.78, 5) is 19.8. The van der Waals surface area contributed by atoms with Gasteiger partial charge in [0.2, 0.25) is 11.8 Å². The summed E-state index contributed by atoms with van der Waals surface area (Å²) in [6, 6.07) is 3.88. The SMILES string of the molecule is CNc1nc(C)c([N+](=O)[O-])c(NCc2ccc(Br)s2)n1. The van der Waals surface area contributed by atoms with Crippen LogP contribution in [0.4, 0.5) is 17.5 Å². The Bertz CT molecular complexity index is 646. The molecule has 9 heteroatoms. The van der Waals surface area contributed by atoms with Crippen LogP contribution in [0.15, 0.2) is 15.9 Å². The second kappa shape index (κ2) is 6.14. The Morgan fingerprint density at radius 2 is 2.20 bits per heavy atom. The van der Waals surface area contributed by atoms with Gasteiger partial charge in [0.05, 0.1) is 15.3 Å². The van der Waals surface area contributed by atoms with Gasteiger partial charge in [-0.05, 0) is 35.0 Å². The molecule has 2 heterocycles. The highest BCUT2D eigenvalue weighted by Gasteiger charge is 2.21. The van der Waals surface area contributed by atoms with Crippen LogP contribution in [0.25, 0.3) is 0 Å². The van der Waals surface area contributed by atoms with Crippen molar-refractivity contribution in [3.05, 3.63) is 36.6 Å². The van der Waals surface area contributed by atoms with Gasteiger partial charge in [-0.1, -0.05) is 0 Å². The van der Waals surface area contributed by atoms with E-state index in [0.29, 0.717) is 18.2 Å². The average molecular weight is 358 g/mol. The summed E-state index contributed by atoms with van der Waals surface area (Å²) in [6.45, 7) is 2.06. The lowest BCUT2D eigenvalue weighted by Gasteiger charge is -2.08. The van der Waals surface area contributed by atoms with Gasteiger partial charge < -0.3 is 10.6 Å². The quantitative estimate of drug-likeness (QED) is 0.630. The number of halogens is 1. The monoisotopic (exact) mass is 357 g/mol. The van der Waals surface area contributed by atoms with Gasteiger partial charge >= 0.3 is 5.69 Å². The number of aromatic nitrogens is 2. The third kappa shape index (κ3) is 3.23. The number of nitrogens with zero attached hydrogens (tertiary/aromatic N) is 3. The van der Waals surface area contributed by atoms with E-state index in [-0.39, 0.29) is 11.5 Å². The molecule has 0 aliphatic rings. The number of anilines is 2. The van der Waals surface area contributed by atoms with Crippen LogP contribution in [0, 0.1) is 17.0 Å². The first-order valence-corrected chi connectivity index (χ1v) is 7.31. The summed E-state index contributed by atoms with van der Waals surface area (Å²) in [6.07, 6.45) is 0. The van der Waals surface area contributed by atoms with Crippen LogP contribution in [0.5, 0.6) is 0 Å². The van der Waals surface area contributed by atoms with Crippen LogP contribution < -0.4 is 10.6 Å². The van der Waals surface area contributed by atoms with E-state index in [1.165, 1.54) is 0 Å². The maximum Gasteiger partial charge on any atom is 0.332 e. The first-order chi connectivity index (χ1) is 9.51. The Morgan fingerprint density at radius 3 is 2.75 bits per heavy atom. The first-order valence-electron chi connectivity index (χ1n) is 5.70. The molecule has 2 aromatic rings. The highest BCUT2D eigenvalue weighted by atomic mass is 79.9. The van der Waals surface area contributed by atoms with Gasteiger partial charge in [-0.2, -0.15) is 4.98 Å². The molecule has 2 N–H and O–H groups in total. The predicted octanol–water partition coefficient (Wildman–Crippen LogP) is 3.17. The van der Waals surface area contributed by atoms with E-state index in [0.717, 1.165) is 8.66 Å². The summed E-state index contributed by atoms with van der Waals surface area (Å²) in [5.41, 5.74) is 0.226. The van der Waals surface area contributed by atoms with Crippen molar-refractivity contribution < 1.29 is 4.92 Å². The molecule has 106 valence electrons. The van der Waals surface area contributed by atoms with Crippen LogP contribution in [0.2, 0.25) is 0 Å². The first kappa shape index (κ1) is 14.7. The maximum atomic E-state index is 11.1. The Balaban J connectivity index is 2.28. The number of nitrogens with one attached hydrogen (secondary N) is 2. The van der Waals surface area contributed by atoms with Crippen LogP contribution in [0.3, 0.4) is 0 Å². The van der Waals surface area contributed by atoms with Crippen LogP contribution in [0.1, 0.15) is 10.6 Å². The number of hydrogen-bond acceptors (Lipinski definition) is 7. The zero-order valence-electron chi connectivity index (χ0n) is 10.8. The smallest absolute Gasteiger partial charge is 0.332 e. The zero-order chi connectivity index (χ0) is 14.7. The van der Waals surface area contributed by atoms with Crippen molar-refractivity contribution in [3.8, 4) is 0 Å². The summed E-state index contributed by atoms with van der Waals surface area (Å²) >= 11 is 4.94. The van der Waals surface area contributed by atoms with E-state index in [1.54, 1.807) is 25.3 Å². The van der Waals surface area contributed by atoms with Crippen molar-refractivity contribution in [2.75, 3.05) is 17.7 Å². The molecular weight excluding hydrogens is 346 g/mol. The maximum absolute atomic E-state index is 11.1. The molecule has 0 atom stereocenters. The van der Waals surface area contributed by atoms with E-state index in [9.17, 15) is 10.1 Å². The largest absolute Gasteiger partial charge is 0.359 e. The third-order valence-corrected chi connectivity index (χ3v) is 4.15. The van der Waals surface area contributed by atoms with Crippen LogP contribution in [-0.2, 0) is 6.54 Å². The molecule has 0 bridgehead atoms. The second-order valence-electron chi connectivity index (χ2n) is 3.90. The number of thiophene rings is 1. The summed E-state index contributed by atoms with van der Waals surface area (Å²) in [5.74, 6) is 0.569. The molecule has 0 radical (unpaired) electrons. The Labute approximate surface area is 127 Å². The van der Waals surface area contributed by atoms with Crippen molar-refractivity contribution in [1.82, 2.24) is 9.97 Å². The van der Waals surface area contributed by atoms with E-state index in [4.69, 9.17) is 0 Å². The van der Waals surface area contributed by atoms with E-state index >= 15 is 0 Å². The molecular formula is C11H12BrN5O2S. The van der Waals surface area contributed by atoms with Gasteiger partial charge in [0, 0.05) is 11.9 Å². The molecule has 0 spiro atoms. The van der Waals surface area contributed by atoms with Crippen LogP contribution in [-0.4, -0.2) is 21.9 Å². The minimum absolute atomic E-state index is 0.0976. The molecule has 20 heavy (non-hydrogen) atoms. The van der Waals surface area contributed by atoms with E-state index < -0.39 is 4.92 Å². The summed E-state index contributed by atoms with van der Waals surface area (Å²) in [5, 5.41) is 16.9. The van der Waals surface area contributed by atoms with Gasteiger partial charge in [-0.15, -0.1) is 11.3 Å². The van der Waals surface area contributed by atoms with Gasteiger partial charge in [-0.3, -0.25) is 10.1 Å². The van der Waals surface area contributed by atoms with Gasteiger partial charge in [0.15, 0.2) is 0 Å². The fourth-order valence-corrected chi connectivity index (χ4v) is 3.06. The zero-order valence-corrected chi connectivity index (χ0v) is 13.2. The van der Waals surface area contributed by atoms with E-state index in [1.807, 2.05) is 12.1 Å². The molecule has 0 saturated carbocycles. The molecule has 2 aromatic heterocycles. The fraction of sp³-hybridized carbons (Fsp3) is 0.273. The van der Waals surface area contributed by atoms with Crippen molar-refractivity contribution in [2.24, 2.45) is 0 Å². The lowest BCUT2D eigenvalue weighted by atomic mass is 10.3. The predicted molar refractivity (Wildman–Crippen MR) is 82.3 cm³/mol. The number of rotatable bonds is 5. The molecule has 0 aromatic carbocycles. The number of hydrogen-bond donors (Lipinski definition) is 2. The molecule has 0 aliphatic carbocycles. The lowest BCUT2D eigenvalue weighted by Crippen LogP contribution is -2.09. The molecule has 0 aliphatic heterocycles. The van der Waals surface area contributed by atoms with Crippen molar-refractivity contribution in [3.63, 3.8) is 0 Å². The highest BCUT2D eigenvalue weighted by molar-refractivity contribution is 9.11. The summed E-state index contributed by atoms with van der Waals surface area (Å²) in [7, 11) is 1.67. The third-order valence-electron chi connectivity index (χ3n) is 2.52. The van der Waals surface area contributed by atoms with Crippen molar-refractivity contribution in [2.45, 2.75) is 13.5 Å². The van der Waals surface area contributed by atoms with Gasteiger partial charge in [0.25, 0.3) is 0 Å². The topological polar surface area (TPSA) is 93.0 Å². The normalized spacial score (nSPS) is 10.3. The molecule has 0 amide bonds. The Morgan fingerprint density at radius 1 is 1.45 bits per heavy atom. The summed E-state index contributed by atoms with van der Waals surface area (Å²) < 4.78 is 1.01.